The van der Waals surface area contributed by atoms with Gasteiger partial charge in [0, 0.05) is 5.56 Å². The van der Waals surface area contributed by atoms with Crippen LogP contribution in [0.3, 0.4) is 0 Å². The molecule has 3 nitrogen and oxygen atoms in total. The van der Waals surface area contributed by atoms with Gasteiger partial charge in [-0.1, -0.05) is 6.42 Å². The van der Waals surface area contributed by atoms with Gasteiger partial charge in [-0.25, -0.2) is 4.39 Å². The summed E-state index contributed by atoms with van der Waals surface area (Å²) in [5.41, 5.74) is -0.501. The van der Waals surface area contributed by atoms with E-state index in [4.69, 9.17) is 4.74 Å². The van der Waals surface area contributed by atoms with Crippen molar-refractivity contribution < 1.29 is 19.0 Å². The molecule has 1 N–H and O–H groups in total. The summed E-state index contributed by atoms with van der Waals surface area (Å²) in [6, 6.07) is 2.66. The smallest absolute Gasteiger partial charge is 0.314 e. The number of carbonyl (C=O) groups is 1. The maximum absolute atomic E-state index is 13.7. The van der Waals surface area contributed by atoms with Gasteiger partial charge in [-0.05, 0) is 60.2 Å². The highest BCUT2D eigenvalue weighted by Gasteiger charge is 2.48. The number of hydrogen-bond donors (Lipinski definition) is 1. The first kappa shape index (κ1) is 13.9. The molecule has 108 valence electrons. The number of hydrogen-bond acceptors (Lipinski definition) is 2. The van der Waals surface area contributed by atoms with E-state index < -0.39 is 17.2 Å². The lowest BCUT2D eigenvalue weighted by molar-refractivity contribution is -0.147. The highest BCUT2D eigenvalue weighted by atomic mass is 79.9. The van der Waals surface area contributed by atoms with Crippen molar-refractivity contribution in [3.05, 3.63) is 28.0 Å². The second kappa shape index (κ2) is 5.02. The normalized spacial score (nSPS) is 20.9. The Balaban J connectivity index is 2.05. The van der Waals surface area contributed by atoms with Crippen molar-refractivity contribution >= 4 is 21.9 Å². The molecule has 2 aliphatic carbocycles. The number of rotatable bonds is 4. The lowest BCUT2D eigenvalue weighted by Crippen LogP contribution is -2.43. The minimum atomic E-state index is -0.982. The molecule has 2 aliphatic rings. The van der Waals surface area contributed by atoms with Crippen LogP contribution in [0.25, 0.3) is 0 Å². The minimum absolute atomic E-state index is 0.126. The van der Waals surface area contributed by atoms with E-state index in [1.165, 1.54) is 12.1 Å². The third kappa shape index (κ3) is 2.12. The SMILES string of the molecule is O=C(O)C1(c2cc(F)cc(Br)c2OC2CCC2)CCC1. The summed E-state index contributed by atoms with van der Waals surface area (Å²) in [4.78, 5) is 11.7. The fourth-order valence-corrected chi connectivity index (χ4v) is 3.35. The third-order valence-corrected chi connectivity index (χ3v) is 5.07. The zero-order valence-electron chi connectivity index (χ0n) is 11.0. The Morgan fingerprint density at radius 3 is 2.50 bits per heavy atom. The molecule has 0 aliphatic heterocycles. The second-order valence-electron chi connectivity index (χ2n) is 5.68. The molecule has 1 aromatic rings. The molecule has 2 saturated carbocycles. The number of halogens is 2. The largest absolute Gasteiger partial charge is 0.489 e. The minimum Gasteiger partial charge on any atom is -0.489 e. The van der Waals surface area contributed by atoms with Crippen LogP contribution in [0.5, 0.6) is 5.75 Å². The molecule has 0 saturated heterocycles. The molecule has 20 heavy (non-hydrogen) atoms. The van der Waals surface area contributed by atoms with E-state index in [1.807, 2.05) is 0 Å². The number of carboxylic acid groups (broad SMARTS) is 1. The molecular weight excluding hydrogens is 327 g/mol. The van der Waals surface area contributed by atoms with Gasteiger partial charge in [-0.2, -0.15) is 0 Å². The van der Waals surface area contributed by atoms with Crippen LogP contribution < -0.4 is 4.74 Å². The Bertz CT molecular complexity index is 550. The topological polar surface area (TPSA) is 46.5 Å². The molecule has 0 heterocycles. The van der Waals surface area contributed by atoms with Crippen LogP contribution in [0.4, 0.5) is 4.39 Å². The number of benzene rings is 1. The molecule has 0 aromatic heterocycles. The quantitative estimate of drug-likeness (QED) is 0.898. The predicted molar refractivity (Wildman–Crippen MR) is 75.5 cm³/mol. The van der Waals surface area contributed by atoms with Crippen LogP contribution in [-0.2, 0) is 10.2 Å². The van der Waals surface area contributed by atoms with Crippen molar-refractivity contribution in [2.24, 2.45) is 0 Å². The predicted octanol–water partition coefficient (Wildman–Crippen LogP) is 4.03. The van der Waals surface area contributed by atoms with Gasteiger partial charge >= 0.3 is 5.97 Å². The Morgan fingerprint density at radius 2 is 2.05 bits per heavy atom. The van der Waals surface area contributed by atoms with Gasteiger partial charge in [-0.15, -0.1) is 0 Å². The molecule has 0 radical (unpaired) electrons. The highest BCUT2D eigenvalue weighted by Crippen LogP contribution is 2.50. The molecule has 3 rings (SSSR count). The summed E-state index contributed by atoms with van der Waals surface area (Å²) in [5.74, 6) is -0.807. The van der Waals surface area contributed by atoms with Crippen molar-refractivity contribution in [3.63, 3.8) is 0 Å². The Morgan fingerprint density at radius 1 is 1.35 bits per heavy atom. The summed E-state index contributed by atoms with van der Waals surface area (Å²) >= 11 is 3.32. The first-order chi connectivity index (χ1) is 9.53. The monoisotopic (exact) mass is 342 g/mol. The standard InChI is InChI=1S/C15H16BrFO3/c16-12-8-9(17)7-11(13(12)20-10-3-1-4-10)15(14(18)19)5-2-6-15/h7-8,10H,1-6H2,(H,18,19). The van der Waals surface area contributed by atoms with Crippen LogP contribution in [0.2, 0.25) is 0 Å². The highest BCUT2D eigenvalue weighted by molar-refractivity contribution is 9.10. The summed E-state index contributed by atoms with van der Waals surface area (Å²) in [6.45, 7) is 0. The van der Waals surface area contributed by atoms with E-state index in [0.717, 1.165) is 25.7 Å². The van der Waals surface area contributed by atoms with E-state index >= 15 is 0 Å². The van der Waals surface area contributed by atoms with Gasteiger partial charge in [0.15, 0.2) is 0 Å². The first-order valence-electron chi connectivity index (χ1n) is 6.92. The molecule has 2 fully saturated rings. The lowest BCUT2D eigenvalue weighted by Gasteiger charge is -2.40. The second-order valence-corrected chi connectivity index (χ2v) is 6.53. The summed E-state index contributed by atoms with van der Waals surface area (Å²) < 4.78 is 20.1. The first-order valence-corrected chi connectivity index (χ1v) is 7.72. The number of ether oxygens (including phenoxy) is 1. The average molecular weight is 343 g/mol. The maximum atomic E-state index is 13.7. The maximum Gasteiger partial charge on any atom is 0.314 e. The Kier molecular flexibility index (Phi) is 3.48. The molecule has 0 bridgehead atoms. The molecule has 0 atom stereocenters. The van der Waals surface area contributed by atoms with Crippen LogP contribution in [0.1, 0.15) is 44.1 Å². The van der Waals surface area contributed by atoms with E-state index in [2.05, 4.69) is 15.9 Å². The molecule has 0 amide bonds. The molecule has 5 heteroatoms. The Hall–Kier alpha value is -1.10. The zero-order chi connectivity index (χ0) is 14.3. The van der Waals surface area contributed by atoms with Crippen molar-refractivity contribution in [2.45, 2.75) is 50.0 Å². The van der Waals surface area contributed by atoms with Gasteiger partial charge in [0.2, 0.25) is 0 Å². The van der Waals surface area contributed by atoms with Crippen molar-refractivity contribution in [2.75, 3.05) is 0 Å². The molecule has 0 spiro atoms. The fraction of sp³-hybridized carbons (Fsp3) is 0.533. The summed E-state index contributed by atoms with van der Waals surface area (Å²) in [7, 11) is 0. The van der Waals surface area contributed by atoms with Crippen LogP contribution >= 0.6 is 15.9 Å². The van der Waals surface area contributed by atoms with Crippen molar-refractivity contribution in [1.82, 2.24) is 0 Å². The van der Waals surface area contributed by atoms with Crippen LogP contribution in [0, 0.1) is 5.82 Å². The van der Waals surface area contributed by atoms with Gasteiger partial charge in [-0.3, -0.25) is 4.79 Å². The summed E-state index contributed by atoms with van der Waals surface area (Å²) in [5, 5.41) is 9.56. The van der Waals surface area contributed by atoms with E-state index in [9.17, 15) is 14.3 Å². The molecule has 0 unspecified atom stereocenters. The van der Waals surface area contributed by atoms with Gasteiger partial charge in [0.25, 0.3) is 0 Å². The van der Waals surface area contributed by atoms with Gasteiger partial charge < -0.3 is 9.84 Å². The average Bonchev–Trinajstić information content (AvgIpc) is 2.22. The number of aliphatic carboxylic acids is 1. The lowest BCUT2D eigenvalue weighted by atomic mass is 9.64. The van der Waals surface area contributed by atoms with Gasteiger partial charge in [0.1, 0.15) is 11.6 Å². The molecular formula is C15H16BrFO3. The van der Waals surface area contributed by atoms with E-state index in [-0.39, 0.29) is 6.10 Å². The van der Waals surface area contributed by atoms with E-state index in [0.29, 0.717) is 28.6 Å². The van der Waals surface area contributed by atoms with E-state index in [1.54, 1.807) is 0 Å². The van der Waals surface area contributed by atoms with Crippen LogP contribution in [-0.4, -0.2) is 17.2 Å². The Labute approximate surface area is 125 Å². The third-order valence-electron chi connectivity index (χ3n) is 4.48. The number of carboxylic acids is 1. The zero-order valence-corrected chi connectivity index (χ0v) is 12.6. The van der Waals surface area contributed by atoms with Crippen LogP contribution in [0.15, 0.2) is 16.6 Å². The fourth-order valence-electron chi connectivity index (χ4n) is 2.82. The van der Waals surface area contributed by atoms with Crippen molar-refractivity contribution in [3.8, 4) is 5.75 Å². The van der Waals surface area contributed by atoms with Gasteiger partial charge in [0.05, 0.1) is 16.0 Å². The molecule has 1 aromatic carbocycles. The van der Waals surface area contributed by atoms with Crippen molar-refractivity contribution in [1.29, 1.82) is 0 Å². The summed E-state index contributed by atoms with van der Waals surface area (Å²) in [6.07, 6.45) is 5.14.